The highest BCUT2D eigenvalue weighted by Crippen LogP contribution is 2.20. The molecule has 0 saturated heterocycles. The average Bonchev–Trinajstić information content (AvgIpc) is 2.09. The fourth-order valence-corrected chi connectivity index (χ4v) is 0.797. The number of hydrogen-bond donors (Lipinski definition) is 3. The number of nitrogens with one attached hydrogen (secondary N) is 1. The van der Waals surface area contributed by atoms with E-state index in [4.69, 9.17) is 5.21 Å². The number of phenols is 1. The van der Waals surface area contributed by atoms with Gasteiger partial charge < -0.3 is 15.6 Å². The Kier molecular flexibility index (Phi) is 2.86. The van der Waals surface area contributed by atoms with Crippen LogP contribution in [0.3, 0.4) is 0 Å². The molecule has 0 aliphatic rings. The molecule has 13 heavy (non-hydrogen) atoms. The number of phenolic OH excluding ortho intramolecular Hbond substituents is 1. The number of benzene rings is 1. The molecule has 68 valence electrons. The topological polar surface area (TPSA) is 81.9 Å². The third-order valence-electron chi connectivity index (χ3n) is 1.34. The van der Waals surface area contributed by atoms with Gasteiger partial charge in [0.1, 0.15) is 12.0 Å². The molecule has 0 atom stereocenters. The maximum atomic E-state index is 10.8. The fourth-order valence-electron chi connectivity index (χ4n) is 0.797. The number of amides is 1. The van der Waals surface area contributed by atoms with Gasteiger partial charge in [-0.1, -0.05) is 17.3 Å². The summed E-state index contributed by atoms with van der Waals surface area (Å²) < 4.78 is 0. The van der Waals surface area contributed by atoms with E-state index in [9.17, 15) is 9.90 Å². The number of oxime groups is 1. The molecule has 0 radical (unpaired) electrons. The monoisotopic (exact) mass is 180 g/mol. The summed E-state index contributed by atoms with van der Waals surface area (Å²) in [5.41, 5.74) is 0.271. The number of anilines is 1. The predicted octanol–water partition coefficient (Wildman–Crippen LogP) is 0.791. The Morgan fingerprint density at radius 3 is 2.77 bits per heavy atom. The minimum atomic E-state index is -0.607. The van der Waals surface area contributed by atoms with Gasteiger partial charge in [-0.2, -0.15) is 0 Å². The van der Waals surface area contributed by atoms with Crippen LogP contribution in [-0.2, 0) is 4.79 Å². The summed E-state index contributed by atoms with van der Waals surface area (Å²) in [5.74, 6) is -0.647. The minimum Gasteiger partial charge on any atom is -0.506 e. The van der Waals surface area contributed by atoms with Gasteiger partial charge in [-0.25, -0.2) is 0 Å². The van der Waals surface area contributed by atoms with Crippen molar-refractivity contribution in [1.82, 2.24) is 0 Å². The second kappa shape index (κ2) is 4.10. The zero-order valence-corrected chi connectivity index (χ0v) is 6.64. The smallest absolute Gasteiger partial charge is 0.270 e. The Morgan fingerprint density at radius 2 is 2.15 bits per heavy atom. The van der Waals surface area contributed by atoms with Crippen LogP contribution in [0.5, 0.6) is 5.75 Å². The number of hydrogen-bond acceptors (Lipinski definition) is 4. The molecule has 0 bridgehead atoms. The van der Waals surface area contributed by atoms with E-state index in [1.807, 2.05) is 0 Å². The van der Waals surface area contributed by atoms with E-state index < -0.39 is 5.91 Å². The summed E-state index contributed by atoms with van der Waals surface area (Å²) in [5, 5.41) is 22.1. The Labute approximate surface area is 74.3 Å². The first-order valence-electron chi connectivity index (χ1n) is 3.50. The molecule has 0 fully saturated rings. The van der Waals surface area contributed by atoms with E-state index in [2.05, 4.69) is 10.5 Å². The van der Waals surface area contributed by atoms with Crippen molar-refractivity contribution in [1.29, 1.82) is 0 Å². The molecule has 0 aromatic heterocycles. The van der Waals surface area contributed by atoms with Gasteiger partial charge in [-0.15, -0.1) is 0 Å². The van der Waals surface area contributed by atoms with E-state index in [1.165, 1.54) is 12.1 Å². The Hall–Kier alpha value is -2.04. The first kappa shape index (κ1) is 9.05. The maximum absolute atomic E-state index is 10.8. The van der Waals surface area contributed by atoms with Gasteiger partial charge in [-0.05, 0) is 12.1 Å². The summed E-state index contributed by atoms with van der Waals surface area (Å²) in [6.45, 7) is 0. The van der Waals surface area contributed by atoms with Gasteiger partial charge in [0.05, 0.1) is 5.69 Å². The van der Waals surface area contributed by atoms with E-state index in [1.54, 1.807) is 12.1 Å². The molecule has 1 aromatic rings. The number of para-hydroxylation sites is 2. The van der Waals surface area contributed by atoms with Crippen LogP contribution in [0, 0.1) is 0 Å². The van der Waals surface area contributed by atoms with Gasteiger partial charge in [0.25, 0.3) is 5.91 Å². The molecule has 0 heterocycles. The van der Waals surface area contributed by atoms with Crippen LogP contribution >= 0.6 is 0 Å². The highest BCUT2D eigenvalue weighted by Gasteiger charge is 2.02. The largest absolute Gasteiger partial charge is 0.506 e. The maximum Gasteiger partial charge on any atom is 0.270 e. The van der Waals surface area contributed by atoms with Crippen LogP contribution in [0.1, 0.15) is 0 Å². The number of aromatic hydroxyl groups is 1. The second-order valence-electron chi connectivity index (χ2n) is 2.25. The Morgan fingerprint density at radius 1 is 1.46 bits per heavy atom. The summed E-state index contributed by atoms with van der Waals surface area (Å²) in [7, 11) is 0. The van der Waals surface area contributed by atoms with Crippen LogP contribution in [0.4, 0.5) is 5.69 Å². The molecule has 0 saturated carbocycles. The Balaban J connectivity index is 2.74. The standard InChI is InChI=1S/C8H8N2O3/c11-7-4-2-1-3-6(7)10-8(12)5-9-13/h1-5,11,13H,(H,10,12). The van der Waals surface area contributed by atoms with Crippen molar-refractivity contribution >= 4 is 17.8 Å². The highest BCUT2D eigenvalue weighted by molar-refractivity contribution is 6.31. The predicted molar refractivity (Wildman–Crippen MR) is 47.0 cm³/mol. The number of carbonyl (C=O) groups excluding carboxylic acids is 1. The van der Waals surface area contributed by atoms with Crippen molar-refractivity contribution in [3.05, 3.63) is 24.3 Å². The fraction of sp³-hybridized carbons (Fsp3) is 0. The SMILES string of the molecule is O=C(C=NO)Nc1ccccc1O. The molecule has 0 aliphatic heterocycles. The third kappa shape index (κ3) is 2.48. The Bertz CT molecular complexity index is 336. The van der Waals surface area contributed by atoms with Gasteiger partial charge >= 0.3 is 0 Å². The first-order chi connectivity index (χ1) is 6.24. The summed E-state index contributed by atoms with van der Waals surface area (Å²) >= 11 is 0. The molecule has 0 aliphatic carbocycles. The van der Waals surface area contributed by atoms with Gasteiger partial charge in [0, 0.05) is 0 Å². The molecule has 5 nitrogen and oxygen atoms in total. The van der Waals surface area contributed by atoms with Crippen molar-refractivity contribution in [3.8, 4) is 5.75 Å². The zero-order chi connectivity index (χ0) is 9.68. The number of nitrogens with zero attached hydrogens (tertiary/aromatic N) is 1. The van der Waals surface area contributed by atoms with Gasteiger partial charge in [0.2, 0.25) is 0 Å². The summed E-state index contributed by atoms with van der Waals surface area (Å²) in [6, 6.07) is 6.25. The normalized spacial score (nSPS) is 10.2. The van der Waals surface area contributed by atoms with Gasteiger partial charge in [-0.3, -0.25) is 4.79 Å². The first-order valence-corrected chi connectivity index (χ1v) is 3.50. The average molecular weight is 180 g/mol. The third-order valence-corrected chi connectivity index (χ3v) is 1.34. The molecule has 0 spiro atoms. The molecule has 5 heteroatoms. The van der Waals surface area contributed by atoms with Gasteiger partial charge in [0.15, 0.2) is 0 Å². The number of rotatable bonds is 2. The van der Waals surface area contributed by atoms with Crippen molar-refractivity contribution in [2.75, 3.05) is 5.32 Å². The number of carbonyl (C=O) groups is 1. The highest BCUT2D eigenvalue weighted by atomic mass is 16.4. The second-order valence-corrected chi connectivity index (χ2v) is 2.25. The lowest BCUT2D eigenvalue weighted by Gasteiger charge is -2.02. The van der Waals surface area contributed by atoms with Crippen molar-refractivity contribution in [2.24, 2.45) is 5.16 Å². The molecule has 1 aromatic carbocycles. The van der Waals surface area contributed by atoms with Crippen LogP contribution in [-0.4, -0.2) is 22.4 Å². The van der Waals surface area contributed by atoms with E-state index >= 15 is 0 Å². The zero-order valence-electron chi connectivity index (χ0n) is 6.64. The summed E-state index contributed by atoms with van der Waals surface area (Å²) in [4.78, 5) is 10.8. The van der Waals surface area contributed by atoms with E-state index in [0.717, 1.165) is 0 Å². The molecule has 1 amide bonds. The van der Waals surface area contributed by atoms with Crippen LogP contribution in [0.25, 0.3) is 0 Å². The molecule has 0 unspecified atom stereocenters. The molecule has 3 N–H and O–H groups in total. The van der Waals surface area contributed by atoms with Crippen molar-refractivity contribution < 1.29 is 15.1 Å². The quantitative estimate of drug-likeness (QED) is 0.272. The van der Waals surface area contributed by atoms with E-state index in [0.29, 0.717) is 6.21 Å². The van der Waals surface area contributed by atoms with Crippen LogP contribution in [0.15, 0.2) is 29.4 Å². The van der Waals surface area contributed by atoms with Crippen LogP contribution in [0.2, 0.25) is 0 Å². The lowest BCUT2D eigenvalue weighted by atomic mass is 10.3. The van der Waals surface area contributed by atoms with Crippen molar-refractivity contribution in [3.63, 3.8) is 0 Å². The molecule has 1 rings (SSSR count). The minimum absolute atomic E-state index is 0.0396. The lowest BCUT2D eigenvalue weighted by Crippen LogP contribution is -2.12. The van der Waals surface area contributed by atoms with E-state index in [-0.39, 0.29) is 11.4 Å². The molecular formula is C8H8N2O3. The summed E-state index contributed by atoms with van der Waals surface area (Å²) in [6.07, 6.45) is 0.701. The lowest BCUT2D eigenvalue weighted by molar-refractivity contribution is -0.110. The molecular weight excluding hydrogens is 172 g/mol. The van der Waals surface area contributed by atoms with Crippen molar-refractivity contribution in [2.45, 2.75) is 0 Å². The van der Waals surface area contributed by atoms with Crippen LogP contribution < -0.4 is 5.32 Å².